The first-order valence-electron chi connectivity index (χ1n) is 8.53. The molecule has 0 aliphatic carbocycles. The van der Waals surface area contributed by atoms with Crippen molar-refractivity contribution in [2.45, 2.75) is 37.4 Å². The third kappa shape index (κ3) is 3.91. The van der Waals surface area contributed by atoms with Crippen LogP contribution in [-0.4, -0.2) is 47.1 Å². The number of anilines is 1. The summed E-state index contributed by atoms with van der Waals surface area (Å²) in [5, 5.41) is 0. The smallest absolute Gasteiger partial charge is 0.240 e. The minimum Gasteiger partial charge on any atom is -0.371 e. The van der Waals surface area contributed by atoms with Crippen LogP contribution in [0.3, 0.4) is 0 Å². The number of hydrogen-bond donors (Lipinski definition) is 1. The standard InChI is InChI=1S/C17H26N2O4S/c1-14(2)13-18-24(20,21)16-5-3-15(4-6-16)19-9-7-17(8-10-19)22-11-12-23-17/h3-6,14,18H,7-13H2,1-2H3. The molecule has 0 amide bonds. The number of rotatable bonds is 5. The first kappa shape index (κ1) is 17.7. The number of hydrogen-bond acceptors (Lipinski definition) is 5. The van der Waals surface area contributed by atoms with E-state index < -0.39 is 10.0 Å². The highest BCUT2D eigenvalue weighted by Crippen LogP contribution is 2.33. The Morgan fingerprint density at radius 3 is 2.25 bits per heavy atom. The molecule has 2 aliphatic rings. The molecule has 1 aromatic carbocycles. The highest BCUT2D eigenvalue weighted by Gasteiger charge is 2.39. The monoisotopic (exact) mass is 354 g/mol. The van der Waals surface area contributed by atoms with E-state index in [2.05, 4.69) is 9.62 Å². The molecule has 1 N–H and O–H groups in total. The molecule has 7 heteroatoms. The second-order valence-corrected chi connectivity index (χ2v) is 8.60. The molecule has 0 unspecified atom stereocenters. The van der Waals surface area contributed by atoms with Crippen molar-refractivity contribution < 1.29 is 17.9 Å². The number of benzene rings is 1. The van der Waals surface area contributed by atoms with E-state index in [1.54, 1.807) is 12.1 Å². The summed E-state index contributed by atoms with van der Waals surface area (Å²) in [4.78, 5) is 2.55. The molecular formula is C17H26N2O4S. The maximum Gasteiger partial charge on any atom is 0.240 e. The van der Waals surface area contributed by atoms with E-state index in [4.69, 9.17) is 9.47 Å². The maximum absolute atomic E-state index is 12.2. The van der Waals surface area contributed by atoms with Crippen LogP contribution >= 0.6 is 0 Å². The van der Waals surface area contributed by atoms with Crippen LogP contribution in [0.2, 0.25) is 0 Å². The largest absolute Gasteiger partial charge is 0.371 e. The molecule has 1 spiro atoms. The molecule has 2 fully saturated rings. The van der Waals surface area contributed by atoms with Gasteiger partial charge in [0.2, 0.25) is 10.0 Å². The van der Waals surface area contributed by atoms with E-state index >= 15 is 0 Å². The Bertz CT molecular complexity index is 642. The summed E-state index contributed by atoms with van der Waals surface area (Å²) in [6.45, 7) is 7.44. The van der Waals surface area contributed by atoms with Crippen molar-refractivity contribution in [1.29, 1.82) is 0 Å². The third-order valence-corrected chi connectivity index (χ3v) is 5.97. The molecule has 1 aromatic rings. The lowest BCUT2D eigenvalue weighted by Crippen LogP contribution is -2.45. The van der Waals surface area contributed by atoms with Gasteiger partial charge in [-0.15, -0.1) is 0 Å². The third-order valence-electron chi connectivity index (χ3n) is 4.53. The fourth-order valence-corrected chi connectivity index (χ4v) is 4.30. The van der Waals surface area contributed by atoms with Crippen molar-refractivity contribution in [3.63, 3.8) is 0 Å². The number of nitrogens with one attached hydrogen (secondary N) is 1. The first-order chi connectivity index (χ1) is 11.4. The summed E-state index contributed by atoms with van der Waals surface area (Å²) in [6, 6.07) is 7.09. The minimum atomic E-state index is -3.43. The van der Waals surface area contributed by atoms with Crippen LogP contribution in [-0.2, 0) is 19.5 Å². The van der Waals surface area contributed by atoms with Crippen molar-refractivity contribution in [2.24, 2.45) is 5.92 Å². The van der Waals surface area contributed by atoms with Crippen LogP contribution in [0.5, 0.6) is 0 Å². The predicted molar refractivity (Wildman–Crippen MR) is 92.6 cm³/mol. The Morgan fingerprint density at radius 2 is 1.71 bits per heavy atom. The quantitative estimate of drug-likeness (QED) is 0.875. The van der Waals surface area contributed by atoms with Gasteiger partial charge in [0.15, 0.2) is 5.79 Å². The molecule has 134 valence electrons. The zero-order valence-corrected chi connectivity index (χ0v) is 15.1. The molecule has 2 aliphatic heterocycles. The second kappa shape index (κ2) is 7.00. The van der Waals surface area contributed by atoms with Gasteiger partial charge in [0.25, 0.3) is 0 Å². The van der Waals surface area contributed by atoms with Crippen LogP contribution < -0.4 is 9.62 Å². The highest BCUT2D eigenvalue weighted by atomic mass is 32.2. The Kier molecular flexibility index (Phi) is 5.15. The summed E-state index contributed by atoms with van der Waals surface area (Å²) >= 11 is 0. The lowest BCUT2D eigenvalue weighted by molar-refractivity contribution is -0.169. The van der Waals surface area contributed by atoms with Gasteiger partial charge >= 0.3 is 0 Å². The number of piperidine rings is 1. The SMILES string of the molecule is CC(C)CNS(=O)(=O)c1ccc(N2CCC3(CC2)OCCO3)cc1. The molecule has 2 heterocycles. The molecule has 0 aromatic heterocycles. The minimum absolute atomic E-state index is 0.278. The van der Waals surface area contributed by atoms with E-state index in [0.29, 0.717) is 24.7 Å². The van der Waals surface area contributed by atoms with Gasteiger partial charge in [0.1, 0.15) is 0 Å². The zero-order valence-electron chi connectivity index (χ0n) is 14.3. The predicted octanol–water partition coefficient (Wildman–Crippen LogP) is 1.96. The van der Waals surface area contributed by atoms with Gasteiger partial charge in [-0.05, 0) is 30.2 Å². The van der Waals surface area contributed by atoms with Gasteiger partial charge in [-0.25, -0.2) is 13.1 Å². The van der Waals surface area contributed by atoms with E-state index in [-0.39, 0.29) is 11.7 Å². The average molecular weight is 354 g/mol. The van der Waals surface area contributed by atoms with Gasteiger partial charge in [0.05, 0.1) is 18.1 Å². The Morgan fingerprint density at radius 1 is 1.12 bits per heavy atom. The van der Waals surface area contributed by atoms with Crippen molar-refractivity contribution >= 4 is 15.7 Å². The summed E-state index contributed by atoms with van der Waals surface area (Å²) < 4.78 is 38.6. The van der Waals surface area contributed by atoms with E-state index in [1.807, 2.05) is 26.0 Å². The summed E-state index contributed by atoms with van der Waals surface area (Å²) in [7, 11) is -3.43. The van der Waals surface area contributed by atoms with Gasteiger partial charge in [-0.3, -0.25) is 0 Å². The molecule has 0 atom stereocenters. The Labute approximate surface area is 144 Å². The van der Waals surface area contributed by atoms with Crippen LogP contribution in [0.25, 0.3) is 0 Å². The van der Waals surface area contributed by atoms with Gasteiger partial charge in [-0.1, -0.05) is 13.8 Å². The molecule has 0 bridgehead atoms. The van der Waals surface area contributed by atoms with Crippen LogP contribution in [0.1, 0.15) is 26.7 Å². The zero-order chi connectivity index (χ0) is 17.2. The number of ether oxygens (including phenoxy) is 2. The van der Waals surface area contributed by atoms with Gasteiger partial charge in [0, 0.05) is 38.2 Å². The summed E-state index contributed by atoms with van der Waals surface area (Å²) in [6.07, 6.45) is 1.67. The number of nitrogens with zero attached hydrogens (tertiary/aromatic N) is 1. The maximum atomic E-state index is 12.2. The van der Waals surface area contributed by atoms with Crippen LogP contribution in [0.4, 0.5) is 5.69 Å². The topological polar surface area (TPSA) is 67.9 Å². The average Bonchev–Trinajstić information content (AvgIpc) is 3.02. The summed E-state index contributed by atoms with van der Waals surface area (Å²) in [5.41, 5.74) is 1.03. The van der Waals surface area contributed by atoms with E-state index in [9.17, 15) is 8.42 Å². The fraction of sp³-hybridized carbons (Fsp3) is 0.647. The van der Waals surface area contributed by atoms with Crippen molar-refractivity contribution in [3.8, 4) is 0 Å². The summed E-state index contributed by atoms with van der Waals surface area (Å²) in [5.74, 6) is -0.111. The normalized spacial score (nSPS) is 20.9. The Hall–Kier alpha value is -1.15. The van der Waals surface area contributed by atoms with Crippen molar-refractivity contribution in [2.75, 3.05) is 37.7 Å². The van der Waals surface area contributed by atoms with E-state index in [0.717, 1.165) is 31.6 Å². The van der Waals surface area contributed by atoms with Gasteiger partial charge in [-0.2, -0.15) is 0 Å². The fourth-order valence-electron chi connectivity index (χ4n) is 3.09. The Balaban J connectivity index is 1.63. The highest BCUT2D eigenvalue weighted by molar-refractivity contribution is 7.89. The second-order valence-electron chi connectivity index (χ2n) is 6.83. The molecule has 2 saturated heterocycles. The lowest BCUT2D eigenvalue weighted by atomic mass is 10.0. The van der Waals surface area contributed by atoms with Crippen LogP contribution in [0.15, 0.2) is 29.2 Å². The number of sulfonamides is 1. The molecule has 24 heavy (non-hydrogen) atoms. The van der Waals surface area contributed by atoms with Crippen molar-refractivity contribution in [3.05, 3.63) is 24.3 Å². The molecule has 0 saturated carbocycles. The van der Waals surface area contributed by atoms with Crippen molar-refractivity contribution in [1.82, 2.24) is 4.72 Å². The van der Waals surface area contributed by atoms with Crippen LogP contribution in [0, 0.1) is 5.92 Å². The first-order valence-corrected chi connectivity index (χ1v) is 10.0. The molecular weight excluding hydrogens is 328 g/mol. The molecule has 0 radical (unpaired) electrons. The van der Waals surface area contributed by atoms with Gasteiger partial charge < -0.3 is 14.4 Å². The van der Waals surface area contributed by atoms with E-state index in [1.165, 1.54) is 0 Å². The lowest BCUT2D eigenvalue weighted by Gasteiger charge is -2.38. The molecule has 3 rings (SSSR count). The molecule has 6 nitrogen and oxygen atoms in total.